The van der Waals surface area contributed by atoms with Crippen LogP contribution in [0.25, 0.3) is 0 Å². The number of nitrogens with one attached hydrogen (secondary N) is 2. The second kappa shape index (κ2) is 24.2. The minimum atomic E-state index is -0.404. The molecule has 5 atom stereocenters. The zero-order valence-corrected chi connectivity index (χ0v) is 34.5. The van der Waals surface area contributed by atoms with Gasteiger partial charge in [-0.25, -0.2) is 10.6 Å². The van der Waals surface area contributed by atoms with Gasteiger partial charge in [0.05, 0.1) is 19.3 Å². The monoisotopic (exact) mass is 781 g/mol. The highest BCUT2D eigenvalue weighted by atomic mass is 35.5. The van der Waals surface area contributed by atoms with Crippen LogP contribution in [0, 0.1) is 0 Å². The lowest BCUT2D eigenvalue weighted by atomic mass is 9.81. The van der Waals surface area contributed by atoms with Crippen LogP contribution in [-0.2, 0) is 23.8 Å². The Morgan fingerprint density at radius 3 is 1.89 bits per heavy atom. The maximum absolute atomic E-state index is 13.2. The zero-order valence-electron chi connectivity index (χ0n) is 33.7. The smallest absolute Gasteiger partial charge is 0.351 e. The molecule has 54 heavy (non-hydrogen) atoms. The lowest BCUT2D eigenvalue weighted by Gasteiger charge is -2.52. The second-order valence-corrected chi connectivity index (χ2v) is 17.0. The predicted octanol–water partition coefficient (Wildman–Crippen LogP) is 3.35. The van der Waals surface area contributed by atoms with Crippen LogP contribution in [0.1, 0.15) is 180 Å². The van der Waals surface area contributed by atoms with Gasteiger partial charge in [-0.2, -0.15) is 0 Å². The summed E-state index contributed by atoms with van der Waals surface area (Å²) in [7, 11) is 0. The first-order valence-corrected chi connectivity index (χ1v) is 22.3. The largest absolute Gasteiger partial charge is 1.00 e. The van der Waals surface area contributed by atoms with Crippen LogP contribution in [0.15, 0.2) is 0 Å². The number of piperidine rings is 1. The maximum Gasteiger partial charge on any atom is 0.351 e. The third-order valence-corrected chi connectivity index (χ3v) is 12.6. The summed E-state index contributed by atoms with van der Waals surface area (Å²) in [6.07, 6.45) is 29.7. The second-order valence-electron chi connectivity index (χ2n) is 17.0. The highest BCUT2D eigenvalue weighted by Gasteiger charge is 2.58. The van der Waals surface area contributed by atoms with Gasteiger partial charge in [-0.15, -0.1) is 0 Å². The number of hydrogen-bond donors (Lipinski definition) is 4. The fourth-order valence-electron chi connectivity index (χ4n) is 9.66. The number of unbranched alkanes of at least 4 members (excludes halogenated alkanes) is 12. The minimum absolute atomic E-state index is 0. The van der Waals surface area contributed by atoms with Crippen LogP contribution >= 0.6 is 0 Å². The van der Waals surface area contributed by atoms with Gasteiger partial charge < -0.3 is 43.0 Å². The molecule has 3 saturated heterocycles. The minimum Gasteiger partial charge on any atom is -1.00 e. The molecule has 5 heterocycles. The van der Waals surface area contributed by atoms with Crippen LogP contribution < -0.4 is 34.5 Å². The highest BCUT2D eigenvalue weighted by molar-refractivity contribution is 5.78. The number of nitrogens with zero attached hydrogens (tertiary/aromatic N) is 2. The number of hydrogen-bond acceptors (Lipinski definition) is 9. The van der Waals surface area contributed by atoms with Crippen molar-refractivity contribution < 1.29 is 40.8 Å². The molecule has 5 rings (SSSR count). The van der Waals surface area contributed by atoms with Crippen LogP contribution in [0.4, 0.5) is 0 Å². The number of ether oxygens (including phenoxy) is 3. The third kappa shape index (κ3) is 13.8. The van der Waals surface area contributed by atoms with Gasteiger partial charge in [-0.1, -0.05) is 70.6 Å². The van der Waals surface area contributed by atoms with E-state index in [-0.39, 0.29) is 42.2 Å². The summed E-state index contributed by atoms with van der Waals surface area (Å²) in [6.45, 7) is 4.49. The molecule has 0 aliphatic carbocycles. The molecule has 0 saturated carbocycles. The van der Waals surface area contributed by atoms with E-state index in [1.54, 1.807) is 0 Å². The molecule has 1 amide bonds. The Hall–Kier alpha value is -1.66. The average Bonchev–Trinajstić information content (AvgIpc) is 3.38. The third-order valence-electron chi connectivity index (χ3n) is 12.6. The number of rotatable bonds is 23. The first kappa shape index (κ1) is 45.0. The number of halogens is 1. The van der Waals surface area contributed by atoms with E-state index in [0.29, 0.717) is 32.0 Å². The maximum atomic E-state index is 13.2. The van der Waals surface area contributed by atoms with Gasteiger partial charge in [0.15, 0.2) is 11.4 Å². The van der Waals surface area contributed by atoms with Gasteiger partial charge in [0.25, 0.3) is 0 Å². The van der Waals surface area contributed by atoms with E-state index in [4.69, 9.17) is 25.7 Å². The molecule has 312 valence electrons. The van der Waals surface area contributed by atoms with Crippen molar-refractivity contribution in [2.24, 2.45) is 11.5 Å². The quantitative estimate of drug-likeness (QED) is 0.0698. The molecule has 0 bridgehead atoms. The number of nitrogens with two attached hydrogens (primary N) is 2. The summed E-state index contributed by atoms with van der Waals surface area (Å²) in [4.78, 5) is 27.8. The molecule has 5 aliphatic rings. The van der Waals surface area contributed by atoms with Gasteiger partial charge >= 0.3 is 11.9 Å². The summed E-state index contributed by atoms with van der Waals surface area (Å²) in [6, 6.07) is 0.520. The lowest BCUT2D eigenvalue weighted by Crippen LogP contribution is -3.00. The molecule has 12 heteroatoms. The Morgan fingerprint density at radius 2 is 1.24 bits per heavy atom. The molecular weight excluding hydrogens is 704 g/mol. The Morgan fingerprint density at radius 1 is 0.685 bits per heavy atom. The molecule has 11 nitrogen and oxygen atoms in total. The van der Waals surface area contributed by atoms with Crippen molar-refractivity contribution in [1.82, 2.24) is 15.5 Å². The molecule has 5 aliphatic heterocycles. The van der Waals surface area contributed by atoms with Crippen LogP contribution in [0.2, 0.25) is 0 Å². The number of carbonyl (C=O) groups is 2. The van der Waals surface area contributed by atoms with E-state index in [9.17, 15) is 9.59 Å². The van der Waals surface area contributed by atoms with E-state index >= 15 is 0 Å². The Kier molecular flexibility index (Phi) is 20.2. The van der Waals surface area contributed by atoms with Crippen LogP contribution in [0.3, 0.4) is 0 Å². The predicted molar refractivity (Wildman–Crippen MR) is 210 cm³/mol. The van der Waals surface area contributed by atoms with E-state index < -0.39 is 5.72 Å². The van der Waals surface area contributed by atoms with Gasteiger partial charge in [0.1, 0.15) is 12.1 Å². The number of carbonyl (C=O) groups excluding carboxylic acids is 2. The number of esters is 1. The van der Waals surface area contributed by atoms with E-state index in [1.807, 2.05) is 4.90 Å². The fourth-order valence-corrected chi connectivity index (χ4v) is 9.66. The van der Waals surface area contributed by atoms with Gasteiger partial charge in [-0.3, -0.25) is 14.2 Å². The summed E-state index contributed by atoms with van der Waals surface area (Å²) in [5.74, 6) is 1.30. The average molecular weight is 782 g/mol. The first-order chi connectivity index (χ1) is 26.0. The van der Waals surface area contributed by atoms with Gasteiger partial charge in [-0.05, 0) is 83.7 Å². The molecule has 3 fully saturated rings. The van der Waals surface area contributed by atoms with Crippen molar-refractivity contribution in [3.63, 3.8) is 0 Å². The van der Waals surface area contributed by atoms with Crippen molar-refractivity contribution in [3.8, 4) is 0 Å². The van der Waals surface area contributed by atoms with Crippen LogP contribution in [0.5, 0.6) is 0 Å². The van der Waals surface area contributed by atoms with Gasteiger partial charge in [0, 0.05) is 51.6 Å². The van der Waals surface area contributed by atoms with Gasteiger partial charge in [0.2, 0.25) is 5.91 Å². The van der Waals surface area contributed by atoms with E-state index in [2.05, 4.69) is 15.2 Å². The van der Waals surface area contributed by atoms with Crippen molar-refractivity contribution in [3.05, 3.63) is 0 Å². The summed E-state index contributed by atoms with van der Waals surface area (Å²) in [5, 5.41) is 7.69. The summed E-state index contributed by atoms with van der Waals surface area (Å²) in [5.41, 5.74) is 10.6. The number of guanidine groups is 1. The molecule has 0 aromatic heterocycles. The molecule has 0 radical (unpaired) electrons. The molecule has 0 aromatic carbocycles. The summed E-state index contributed by atoms with van der Waals surface area (Å²) < 4.78 is 21.9. The molecule has 2 spiro atoms. The van der Waals surface area contributed by atoms with Crippen molar-refractivity contribution in [2.75, 3.05) is 39.4 Å². The first-order valence-electron chi connectivity index (χ1n) is 22.3. The molecule has 6 N–H and O–H groups in total. The van der Waals surface area contributed by atoms with Crippen molar-refractivity contribution in [2.45, 2.75) is 209 Å². The fraction of sp³-hybridized carbons (Fsp3) is 0.929. The SMILES string of the molecule is NCCCCN(CCCN)C(=O)CCCCCCCCCCCCCCC(=O)O[C@H]1CC[C@H]2C[C@@]3(CCCCO3)NC3=[N+]2[C@@H]1C[C@@]1(CCCCCO1)N3.[Cl-]. The molecular formula is C42H77ClN6O5. The topological polar surface area (TPSA) is 144 Å². The molecule has 0 unspecified atom stereocenters. The zero-order chi connectivity index (χ0) is 37.2. The highest BCUT2D eigenvalue weighted by Crippen LogP contribution is 2.41. The van der Waals surface area contributed by atoms with E-state index in [1.165, 1.54) is 64.2 Å². The Bertz CT molecular complexity index is 1130. The molecule has 0 aromatic rings. The van der Waals surface area contributed by atoms with Crippen LogP contribution in [-0.4, -0.2) is 96.3 Å². The lowest BCUT2D eigenvalue weighted by molar-refractivity contribution is -0.643. The summed E-state index contributed by atoms with van der Waals surface area (Å²) >= 11 is 0. The Labute approximate surface area is 333 Å². The van der Waals surface area contributed by atoms with E-state index in [0.717, 1.165) is 135 Å². The normalized spacial score (nSPS) is 27.7. The Balaban J connectivity index is 0.00000650. The standard InChI is InChI=1S/C42H76N6O5.ClH/c43-27-16-17-29-47(30-20-28-44)38(49)21-12-9-7-5-3-1-2-4-6-8-10-13-22-39(50)53-37-24-23-35-33-41(26-15-19-32-51-41)45-40-46-42(34-36(37)48(35)40)25-14-11-18-31-52-42;/h35-37H,1-34,43-44H2,(H,45,46);1H/t35-,36+,37-,41-,42-;/m0./s1. The number of amides is 1. The van der Waals surface area contributed by atoms with Crippen molar-refractivity contribution >= 4 is 17.8 Å². The van der Waals surface area contributed by atoms with Crippen molar-refractivity contribution in [1.29, 1.82) is 0 Å².